The third-order valence-corrected chi connectivity index (χ3v) is 3.59. The second-order valence-electron chi connectivity index (χ2n) is 4.87. The summed E-state index contributed by atoms with van der Waals surface area (Å²) in [5.74, 6) is 0.0483. The normalized spacial score (nSPS) is 17.2. The van der Waals surface area contributed by atoms with Crippen molar-refractivity contribution in [3.05, 3.63) is 36.0 Å². The fourth-order valence-electron chi connectivity index (χ4n) is 2.54. The highest BCUT2D eigenvalue weighted by molar-refractivity contribution is 5.80. The lowest BCUT2D eigenvalue weighted by molar-refractivity contribution is -0.137. The molecule has 88 valence electrons. The van der Waals surface area contributed by atoms with Gasteiger partial charge in [0.25, 0.3) is 0 Å². The second kappa shape index (κ2) is 3.91. The molecule has 1 aromatic carbocycles. The van der Waals surface area contributed by atoms with Crippen molar-refractivity contribution in [1.29, 1.82) is 0 Å². The lowest BCUT2D eigenvalue weighted by atomic mass is 9.90. The molecule has 1 unspecified atom stereocenters. The third kappa shape index (κ3) is 2.05. The molecule has 1 atom stereocenters. The molecule has 3 nitrogen and oxygen atoms in total. The smallest absolute Gasteiger partial charge is 0.303 e. The van der Waals surface area contributed by atoms with Gasteiger partial charge in [-0.2, -0.15) is 0 Å². The van der Waals surface area contributed by atoms with E-state index in [1.807, 2.05) is 12.3 Å². The van der Waals surface area contributed by atoms with Gasteiger partial charge < -0.3 is 10.1 Å². The van der Waals surface area contributed by atoms with Gasteiger partial charge in [-0.15, -0.1) is 0 Å². The van der Waals surface area contributed by atoms with Crippen molar-refractivity contribution in [2.75, 3.05) is 0 Å². The van der Waals surface area contributed by atoms with E-state index in [-0.39, 0.29) is 12.3 Å². The number of H-pyrrole nitrogens is 1. The molecule has 1 heterocycles. The zero-order valence-electron chi connectivity index (χ0n) is 9.52. The molecule has 17 heavy (non-hydrogen) atoms. The van der Waals surface area contributed by atoms with Crippen LogP contribution in [-0.4, -0.2) is 16.1 Å². The summed E-state index contributed by atoms with van der Waals surface area (Å²) in [5, 5.41) is 10.2. The van der Waals surface area contributed by atoms with Crippen molar-refractivity contribution in [2.24, 2.45) is 5.92 Å². The predicted molar refractivity (Wildman–Crippen MR) is 66.0 cm³/mol. The van der Waals surface area contributed by atoms with Crippen molar-refractivity contribution in [2.45, 2.75) is 25.2 Å². The average Bonchev–Trinajstić information content (AvgIpc) is 3.03. The third-order valence-electron chi connectivity index (χ3n) is 3.59. The maximum Gasteiger partial charge on any atom is 0.303 e. The van der Waals surface area contributed by atoms with Crippen LogP contribution in [0.25, 0.3) is 10.9 Å². The van der Waals surface area contributed by atoms with Crippen LogP contribution >= 0.6 is 0 Å². The van der Waals surface area contributed by atoms with Gasteiger partial charge in [-0.1, -0.05) is 12.1 Å². The lowest BCUT2D eigenvalue weighted by Gasteiger charge is -2.14. The number of carboxylic acids is 1. The van der Waals surface area contributed by atoms with E-state index in [0.29, 0.717) is 5.92 Å². The van der Waals surface area contributed by atoms with Gasteiger partial charge in [0.2, 0.25) is 0 Å². The summed E-state index contributed by atoms with van der Waals surface area (Å²) in [7, 11) is 0. The van der Waals surface area contributed by atoms with Crippen LogP contribution in [0.2, 0.25) is 0 Å². The summed E-state index contributed by atoms with van der Waals surface area (Å²) >= 11 is 0. The molecular weight excluding hydrogens is 214 g/mol. The Morgan fingerprint density at radius 2 is 2.24 bits per heavy atom. The van der Waals surface area contributed by atoms with E-state index in [2.05, 4.69) is 23.2 Å². The summed E-state index contributed by atoms with van der Waals surface area (Å²) in [5.41, 5.74) is 2.25. The Bertz CT molecular complexity index is 554. The maximum atomic E-state index is 10.9. The zero-order valence-corrected chi connectivity index (χ0v) is 9.52. The summed E-state index contributed by atoms with van der Waals surface area (Å²) < 4.78 is 0. The minimum Gasteiger partial charge on any atom is -0.481 e. The Morgan fingerprint density at radius 1 is 1.41 bits per heavy atom. The van der Waals surface area contributed by atoms with Crippen molar-refractivity contribution in [3.63, 3.8) is 0 Å². The van der Waals surface area contributed by atoms with E-state index in [4.69, 9.17) is 5.11 Å². The Balaban J connectivity index is 1.95. The van der Waals surface area contributed by atoms with Crippen LogP contribution in [0, 0.1) is 5.92 Å². The minimum atomic E-state index is -0.700. The first-order chi connectivity index (χ1) is 8.24. The first kappa shape index (κ1) is 10.4. The highest BCUT2D eigenvalue weighted by Crippen LogP contribution is 2.44. The fraction of sp³-hybridized carbons (Fsp3) is 0.357. The van der Waals surface area contributed by atoms with Crippen molar-refractivity contribution in [3.8, 4) is 0 Å². The van der Waals surface area contributed by atoms with E-state index in [1.54, 1.807) is 0 Å². The molecule has 1 saturated carbocycles. The molecule has 3 heteroatoms. The number of hydrogen-bond acceptors (Lipinski definition) is 1. The summed E-state index contributed by atoms with van der Waals surface area (Å²) in [6.45, 7) is 0. The van der Waals surface area contributed by atoms with E-state index >= 15 is 0 Å². The molecular formula is C14H15NO2. The van der Waals surface area contributed by atoms with Crippen LogP contribution in [0.4, 0.5) is 0 Å². The fourth-order valence-corrected chi connectivity index (χ4v) is 2.54. The standard InChI is InChI=1S/C14H15NO2/c16-14(17)8-12(9-1-2-9)11-4-3-10-5-6-15-13(10)7-11/h3-7,9,12,15H,1-2,8H2,(H,16,17). The highest BCUT2D eigenvalue weighted by atomic mass is 16.4. The lowest BCUT2D eigenvalue weighted by Crippen LogP contribution is -2.08. The van der Waals surface area contributed by atoms with E-state index in [1.165, 1.54) is 18.2 Å². The number of hydrogen-bond donors (Lipinski definition) is 2. The summed E-state index contributed by atoms with van der Waals surface area (Å²) in [4.78, 5) is 14.1. The Morgan fingerprint density at radius 3 is 2.94 bits per heavy atom. The van der Waals surface area contributed by atoms with Crippen LogP contribution < -0.4 is 0 Å². The van der Waals surface area contributed by atoms with E-state index < -0.39 is 5.97 Å². The molecule has 3 rings (SSSR count). The Hall–Kier alpha value is -1.77. The molecule has 0 saturated heterocycles. The van der Waals surface area contributed by atoms with Crippen LogP contribution in [-0.2, 0) is 4.79 Å². The van der Waals surface area contributed by atoms with Crippen LogP contribution in [0.1, 0.15) is 30.7 Å². The Kier molecular flexibility index (Phi) is 2.39. The van der Waals surface area contributed by atoms with Gasteiger partial charge >= 0.3 is 5.97 Å². The molecule has 0 radical (unpaired) electrons. The molecule has 1 fully saturated rings. The van der Waals surface area contributed by atoms with Crippen LogP contribution in [0.15, 0.2) is 30.5 Å². The number of carboxylic acid groups (broad SMARTS) is 1. The molecule has 1 aliphatic rings. The number of nitrogens with one attached hydrogen (secondary N) is 1. The molecule has 2 N–H and O–H groups in total. The molecule has 0 bridgehead atoms. The Labute approximate surface area is 99.5 Å². The van der Waals surface area contributed by atoms with E-state index in [0.717, 1.165) is 11.1 Å². The molecule has 0 aliphatic heterocycles. The molecule has 0 amide bonds. The van der Waals surface area contributed by atoms with Gasteiger partial charge in [0.15, 0.2) is 0 Å². The largest absolute Gasteiger partial charge is 0.481 e. The van der Waals surface area contributed by atoms with Crippen LogP contribution in [0.5, 0.6) is 0 Å². The highest BCUT2D eigenvalue weighted by Gasteiger charge is 2.33. The van der Waals surface area contributed by atoms with Crippen molar-refractivity contribution in [1.82, 2.24) is 4.98 Å². The van der Waals surface area contributed by atoms with Crippen molar-refractivity contribution < 1.29 is 9.90 Å². The average molecular weight is 229 g/mol. The van der Waals surface area contributed by atoms with Gasteiger partial charge in [0.1, 0.15) is 0 Å². The molecule has 1 aromatic heterocycles. The molecule has 2 aromatic rings. The molecule has 1 aliphatic carbocycles. The van der Waals surface area contributed by atoms with Gasteiger partial charge in [-0.05, 0) is 47.8 Å². The summed E-state index contributed by atoms with van der Waals surface area (Å²) in [6.07, 6.45) is 4.50. The quantitative estimate of drug-likeness (QED) is 0.846. The van der Waals surface area contributed by atoms with Gasteiger partial charge in [0.05, 0.1) is 6.42 Å². The number of carbonyl (C=O) groups is 1. The predicted octanol–water partition coefficient (Wildman–Crippen LogP) is 3.14. The number of aliphatic carboxylic acids is 1. The number of benzene rings is 1. The van der Waals surface area contributed by atoms with E-state index in [9.17, 15) is 4.79 Å². The van der Waals surface area contributed by atoms with Gasteiger partial charge in [0, 0.05) is 11.7 Å². The van der Waals surface area contributed by atoms with Gasteiger partial charge in [-0.25, -0.2) is 0 Å². The maximum absolute atomic E-state index is 10.9. The number of aromatic amines is 1. The van der Waals surface area contributed by atoms with Crippen molar-refractivity contribution >= 4 is 16.9 Å². The number of fused-ring (bicyclic) bond motifs is 1. The SMILES string of the molecule is O=C(O)CC(c1ccc2cc[nH]c2c1)C1CC1. The first-order valence-electron chi connectivity index (χ1n) is 6.03. The van der Waals surface area contributed by atoms with Crippen LogP contribution in [0.3, 0.4) is 0 Å². The summed E-state index contributed by atoms with van der Waals surface area (Å²) in [6, 6.07) is 8.27. The van der Waals surface area contributed by atoms with Gasteiger partial charge in [-0.3, -0.25) is 4.79 Å². The number of rotatable bonds is 4. The second-order valence-corrected chi connectivity index (χ2v) is 4.87. The monoisotopic (exact) mass is 229 g/mol. The molecule has 0 spiro atoms. The zero-order chi connectivity index (χ0) is 11.8. The minimum absolute atomic E-state index is 0.181. The number of aromatic nitrogens is 1. The first-order valence-corrected chi connectivity index (χ1v) is 6.03. The topological polar surface area (TPSA) is 53.1 Å².